The maximum Gasteiger partial charge on any atom is 0.416 e. The fourth-order valence-corrected chi connectivity index (χ4v) is 4.19. The Balaban J connectivity index is 1.38. The molecule has 12 heteroatoms. The lowest BCUT2D eigenvalue weighted by molar-refractivity contribution is -0.146. The van der Waals surface area contributed by atoms with Crippen molar-refractivity contribution in [3.8, 4) is 11.1 Å². The van der Waals surface area contributed by atoms with Crippen LogP contribution in [0.4, 0.5) is 22.0 Å². The lowest BCUT2D eigenvalue weighted by Gasteiger charge is -2.19. The summed E-state index contributed by atoms with van der Waals surface area (Å²) in [4.78, 5) is 24.4. The number of carbonyl (C=O) groups is 1. The van der Waals surface area contributed by atoms with Gasteiger partial charge >= 0.3 is 12.1 Å². The van der Waals surface area contributed by atoms with Gasteiger partial charge in [-0.25, -0.2) is 13.5 Å². The Morgan fingerprint density at radius 2 is 1.51 bits per heavy atom. The minimum atomic E-state index is -4.42. The Morgan fingerprint density at radius 3 is 2.10 bits per heavy atom. The van der Waals surface area contributed by atoms with Gasteiger partial charge in [-0.2, -0.15) is 13.2 Å². The molecular weight excluding hydrogens is 525 g/mol. The van der Waals surface area contributed by atoms with Crippen molar-refractivity contribution < 1.29 is 37.0 Å². The normalized spacial score (nSPS) is 13.4. The van der Waals surface area contributed by atoms with E-state index in [0.29, 0.717) is 23.6 Å². The van der Waals surface area contributed by atoms with Crippen LogP contribution in [0.25, 0.3) is 22.0 Å². The van der Waals surface area contributed by atoms with E-state index in [4.69, 9.17) is 0 Å². The number of aryl methyl sites for hydroxylation is 2. The third kappa shape index (κ3) is 6.45. The van der Waals surface area contributed by atoms with Gasteiger partial charge in [0.15, 0.2) is 11.6 Å². The van der Waals surface area contributed by atoms with Gasteiger partial charge < -0.3 is 10.2 Å². The number of hydrogen-bond acceptors (Lipinski definition) is 5. The number of carboxylic acid groups (broad SMARTS) is 1. The predicted octanol–water partition coefficient (Wildman–Crippen LogP) is 4.84. The number of aliphatic hydroxyl groups is 1. The molecule has 1 heterocycles. The molecule has 0 aliphatic rings. The van der Waals surface area contributed by atoms with Crippen LogP contribution in [-0.4, -0.2) is 37.3 Å². The highest BCUT2D eigenvalue weighted by atomic mass is 19.4. The van der Waals surface area contributed by atoms with Crippen LogP contribution >= 0.6 is 0 Å². The van der Waals surface area contributed by atoms with Gasteiger partial charge in [0.2, 0.25) is 0 Å². The van der Waals surface area contributed by atoms with Gasteiger partial charge in [0.1, 0.15) is 5.52 Å². The number of carboxylic acids is 1. The van der Waals surface area contributed by atoms with Crippen molar-refractivity contribution in [2.75, 3.05) is 0 Å². The van der Waals surface area contributed by atoms with Crippen LogP contribution in [0, 0.1) is 17.6 Å². The fraction of sp³-hybridized carbons (Fsp3) is 0.259. The van der Waals surface area contributed by atoms with E-state index in [-0.39, 0.29) is 30.3 Å². The Labute approximate surface area is 218 Å². The highest BCUT2D eigenvalue weighted by Crippen LogP contribution is 2.31. The number of rotatable bonds is 9. The van der Waals surface area contributed by atoms with Gasteiger partial charge in [-0.05, 0) is 54.2 Å². The zero-order chi connectivity index (χ0) is 28.3. The van der Waals surface area contributed by atoms with E-state index in [9.17, 15) is 41.8 Å². The molecule has 1 aromatic heterocycles. The molecule has 4 aromatic rings. The van der Waals surface area contributed by atoms with Crippen molar-refractivity contribution in [2.45, 2.75) is 38.1 Å². The molecule has 204 valence electrons. The van der Waals surface area contributed by atoms with E-state index >= 15 is 0 Å². The third-order valence-corrected chi connectivity index (χ3v) is 6.43. The number of nitrogens with zero attached hydrogens (tertiary/aromatic N) is 3. The second kappa shape index (κ2) is 11.3. The summed E-state index contributed by atoms with van der Waals surface area (Å²) in [5.41, 5.74) is 0.410. The summed E-state index contributed by atoms with van der Waals surface area (Å²) in [5.74, 6) is -4.94. The third-order valence-electron chi connectivity index (χ3n) is 6.43. The van der Waals surface area contributed by atoms with E-state index in [1.54, 1.807) is 24.3 Å². The molecule has 0 spiro atoms. The van der Waals surface area contributed by atoms with Crippen LogP contribution in [0.1, 0.15) is 24.0 Å². The van der Waals surface area contributed by atoms with E-state index in [0.717, 1.165) is 28.4 Å². The maximum absolute atomic E-state index is 13.6. The number of aliphatic carboxylic acids is 1. The van der Waals surface area contributed by atoms with Crippen molar-refractivity contribution in [1.82, 2.24) is 15.0 Å². The molecule has 0 radical (unpaired) electrons. The molecule has 1 unspecified atom stereocenters. The van der Waals surface area contributed by atoms with Crippen LogP contribution in [0.15, 0.2) is 65.5 Å². The molecule has 2 N–H and O–H groups in total. The maximum atomic E-state index is 13.6. The van der Waals surface area contributed by atoms with E-state index in [1.807, 2.05) is 0 Å². The summed E-state index contributed by atoms with van der Waals surface area (Å²) in [6, 6.07) is 13.1. The molecule has 0 fully saturated rings. The highest BCUT2D eigenvalue weighted by molar-refractivity contribution is 5.77. The second-order valence-corrected chi connectivity index (χ2v) is 9.01. The lowest BCUT2D eigenvalue weighted by atomic mass is 9.93. The van der Waals surface area contributed by atoms with Crippen LogP contribution in [0.5, 0.6) is 0 Å². The van der Waals surface area contributed by atoms with Crippen molar-refractivity contribution in [3.05, 3.63) is 93.8 Å². The molecule has 0 saturated heterocycles. The summed E-state index contributed by atoms with van der Waals surface area (Å²) in [7, 11) is 0. The summed E-state index contributed by atoms with van der Waals surface area (Å²) in [6.45, 7) is -0.226. The second-order valence-electron chi connectivity index (χ2n) is 9.01. The number of aliphatic hydroxyl groups excluding tert-OH is 1. The number of benzene rings is 3. The van der Waals surface area contributed by atoms with Gasteiger partial charge in [-0.3, -0.25) is 9.59 Å². The minimum absolute atomic E-state index is 0.0827. The average molecular weight is 547 g/mol. The van der Waals surface area contributed by atoms with E-state index in [2.05, 4.69) is 10.3 Å². The van der Waals surface area contributed by atoms with Gasteiger partial charge in [-0.15, -0.1) is 5.10 Å². The van der Waals surface area contributed by atoms with Crippen LogP contribution in [-0.2, 0) is 23.9 Å². The summed E-state index contributed by atoms with van der Waals surface area (Å²) in [6.07, 6.45) is -5.46. The first-order valence-corrected chi connectivity index (χ1v) is 11.8. The topological polar surface area (TPSA) is 105 Å². The summed E-state index contributed by atoms with van der Waals surface area (Å²) in [5, 5.41) is 27.3. The number of halogens is 5. The van der Waals surface area contributed by atoms with E-state index < -0.39 is 46.9 Å². The Bertz CT molecular complexity index is 1540. The summed E-state index contributed by atoms with van der Waals surface area (Å²) < 4.78 is 66.1. The van der Waals surface area contributed by atoms with Crippen molar-refractivity contribution in [3.63, 3.8) is 0 Å². The molecule has 7 nitrogen and oxygen atoms in total. The highest BCUT2D eigenvalue weighted by Gasteiger charge is 2.30. The molecular formula is C27H22F5N3O4. The standard InChI is InChI=1S/C27H22F5N3O4/c28-21-13-20-23(14-22(21)29)33-34-35(25(20)37)12-11-19(26(38)39)24(36)10-3-15-1-4-16(5-2-15)17-6-8-18(9-7-17)27(30,31)32/h1-2,4-9,13-14,19,24,36H,3,10-12H2,(H,38,39)/t19?,24-/m1/s1. The predicted molar refractivity (Wildman–Crippen MR) is 131 cm³/mol. The monoisotopic (exact) mass is 547 g/mol. The van der Waals surface area contributed by atoms with Crippen LogP contribution in [0.3, 0.4) is 0 Å². The first kappa shape index (κ1) is 27.8. The molecule has 39 heavy (non-hydrogen) atoms. The molecule has 4 rings (SSSR count). The SMILES string of the molecule is O=C(O)C(CCn1nnc2cc(F)c(F)cc2c1=O)[C@H](O)CCc1ccc(-c2ccc(C(F)(F)F)cc2)cc1. The van der Waals surface area contributed by atoms with Gasteiger partial charge in [-0.1, -0.05) is 41.6 Å². The molecule has 3 aromatic carbocycles. The van der Waals surface area contributed by atoms with Crippen LogP contribution in [0.2, 0.25) is 0 Å². The lowest BCUT2D eigenvalue weighted by Crippen LogP contribution is -2.32. The Kier molecular flexibility index (Phi) is 8.05. The zero-order valence-corrected chi connectivity index (χ0v) is 20.2. The zero-order valence-electron chi connectivity index (χ0n) is 20.2. The van der Waals surface area contributed by atoms with Crippen molar-refractivity contribution >= 4 is 16.9 Å². The summed E-state index contributed by atoms with van der Waals surface area (Å²) >= 11 is 0. The molecule has 0 amide bonds. The van der Waals surface area contributed by atoms with Gasteiger partial charge in [0, 0.05) is 12.6 Å². The largest absolute Gasteiger partial charge is 0.481 e. The molecule has 2 atom stereocenters. The quantitative estimate of drug-likeness (QED) is 0.291. The number of hydrogen-bond donors (Lipinski definition) is 2. The van der Waals surface area contributed by atoms with Gasteiger partial charge in [0.05, 0.1) is 23.0 Å². The number of fused-ring (bicyclic) bond motifs is 1. The molecule has 0 bridgehead atoms. The Morgan fingerprint density at radius 1 is 0.923 bits per heavy atom. The average Bonchev–Trinajstić information content (AvgIpc) is 2.89. The van der Waals surface area contributed by atoms with Gasteiger partial charge in [0.25, 0.3) is 5.56 Å². The minimum Gasteiger partial charge on any atom is -0.481 e. The van der Waals surface area contributed by atoms with Crippen LogP contribution < -0.4 is 5.56 Å². The number of aromatic nitrogens is 3. The first-order valence-electron chi connectivity index (χ1n) is 11.8. The molecule has 0 aliphatic heterocycles. The smallest absolute Gasteiger partial charge is 0.416 e. The first-order chi connectivity index (χ1) is 18.4. The fourth-order valence-electron chi connectivity index (χ4n) is 4.19. The molecule has 0 saturated carbocycles. The molecule has 0 aliphatic carbocycles. The van der Waals surface area contributed by atoms with E-state index in [1.165, 1.54) is 12.1 Å². The Hall–Kier alpha value is -4.19. The number of alkyl halides is 3. The van der Waals surface area contributed by atoms with Crippen molar-refractivity contribution in [2.24, 2.45) is 5.92 Å². The van der Waals surface area contributed by atoms with Crippen molar-refractivity contribution in [1.29, 1.82) is 0 Å².